The number of benzene rings is 2. The molecule has 0 bridgehead atoms. The number of aromatic amines is 1. The van der Waals surface area contributed by atoms with Crippen molar-refractivity contribution in [2.45, 2.75) is 4.90 Å². The minimum atomic E-state index is -3.59. The van der Waals surface area contributed by atoms with Crippen molar-refractivity contribution < 1.29 is 8.42 Å². The number of aromatic nitrogens is 2. The molecular formula is C15H14N4O2S. The Morgan fingerprint density at radius 1 is 0.864 bits per heavy atom. The highest BCUT2D eigenvalue weighted by atomic mass is 32.2. The van der Waals surface area contributed by atoms with Gasteiger partial charge in [0.2, 0.25) is 0 Å². The minimum absolute atomic E-state index is 0.198. The van der Waals surface area contributed by atoms with Crippen molar-refractivity contribution in [3.8, 4) is 0 Å². The molecule has 22 heavy (non-hydrogen) atoms. The molecule has 0 radical (unpaired) electrons. The predicted molar refractivity (Wildman–Crippen MR) is 85.6 cm³/mol. The molecule has 0 aliphatic carbocycles. The highest BCUT2D eigenvalue weighted by Crippen LogP contribution is 2.19. The summed E-state index contributed by atoms with van der Waals surface area (Å²) in [6.07, 6.45) is 1.70. The van der Waals surface area contributed by atoms with Gasteiger partial charge in [-0.1, -0.05) is 18.2 Å². The Balaban J connectivity index is 1.77. The third-order valence-electron chi connectivity index (χ3n) is 2.96. The van der Waals surface area contributed by atoms with Crippen molar-refractivity contribution >= 4 is 27.2 Å². The average molecular weight is 314 g/mol. The number of para-hydroxylation sites is 1. The quantitative estimate of drug-likeness (QED) is 0.675. The lowest BCUT2D eigenvalue weighted by Crippen LogP contribution is -2.12. The van der Waals surface area contributed by atoms with Crippen molar-refractivity contribution in [3.63, 3.8) is 0 Å². The van der Waals surface area contributed by atoms with Crippen LogP contribution in [0.25, 0.3) is 0 Å². The summed E-state index contributed by atoms with van der Waals surface area (Å²) in [5, 5.41) is 9.72. The highest BCUT2D eigenvalue weighted by Gasteiger charge is 2.13. The lowest BCUT2D eigenvalue weighted by atomic mass is 10.3. The van der Waals surface area contributed by atoms with Crippen molar-refractivity contribution in [2.75, 3.05) is 10.0 Å². The second-order valence-electron chi connectivity index (χ2n) is 4.58. The molecule has 0 saturated heterocycles. The van der Waals surface area contributed by atoms with Crippen molar-refractivity contribution in [2.24, 2.45) is 0 Å². The molecule has 0 saturated carbocycles. The van der Waals surface area contributed by atoms with Crippen LogP contribution in [0.2, 0.25) is 0 Å². The Morgan fingerprint density at radius 2 is 1.59 bits per heavy atom. The van der Waals surface area contributed by atoms with E-state index in [1.165, 1.54) is 0 Å². The number of nitrogens with zero attached hydrogens (tertiary/aromatic N) is 1. The van der Waals surface area contributed by atoms with E-state index in [9.17, 15) is 8.42 Å². The molecular weight excluding hydrogens is 300 g/mol. The van der Waals surface area contributed by atoms with Crippen LogP contribution in [0.5, 0.6) is 0 Å². The smallest absolute Gasteiger partial charge is 0.261 e. The number of nitrogens with one attached hydrogen (secondary N) is 3. The fourth-order valence-corrected chi connectivity index (χ4v) is 2.97. The second kappa shape index (κ2) is 5.90. The molecule has 1 aromatic heterocycles. The van der Waals surface area contributed by atoms with Crippen LogP contribution in [0.3, 0.4) is 0 Å². The van der Waals surface area contributed by atoms with Gasteiger partial charge in [-0.15, -0.1) is 0 Å². The topological polar surface area (TPSA) is 86.9 Å². The van der Waals surface area contributed by atoms with E-state index in [-0.39, 0.29) is 4.90 Å². The first-order valence-electron chi connectivity index (χ1n) is 6.58. The van der Waals surface area contributed by atoms with Crippen LogP contribution in [0.15, 0.2) is 71.8 Å². The van der Waals surface area contributed by atoms with Crippen molar-refractivity contribution in [1.29, 1.82) is 0 Å². The average Bonchev–Trinajstić information content (AvgIpc) is 3.01. The third-order valence-corrected chi connectivity index (χ3v) is 4.36. The van der Waals surface area contributed by atoms with E-state index in [0.717, 1.165) is 5.69 Å². The predicted octanol–water partition coefficient (Wildman–Crippen LogP) is 2.95. The van der Waals surface area contributed by atoms with Gasteiger partial charge in [0.15, 0.2) is 5.82 Å². The summed E-state index contributed by atoms with van der Waals surface area (Å²) >= 11 is 0. The van der Waals surface area contributed by atoms with E-state index >= 15 is 0 Å². The Bertz CT molecular complexity index is 829. The van der Waals surface area contributed by atoms with Gasteiger partial charge < -0.3 is 5.32 Å². The molecule has 3 rings (SSSR count). The molecule has 0 spiro atoms. The zero-order valence-corrected chi connectivity index (χ0v) is 12.3. The summed E-state index contributed by atoms with van der Waals surface area (Å²) in [5.41, 5.74) is 1.28. The summed E-state index contributed by atoms with van der Waals surface area (Å²) in [4.78, 5) is 0.198. The van der Waals surface area contributed by atoms with Crippen LogP contribution in [0.1, 0.15) is 0 Å². The van der Waals surface area contributed by atoms with Gasteiger partial charge >= 0.3 is 0 Å². The number of H-pyrrole nitrogens is 1. The molecule has 0 atom stereocenters. The first kappa shape index (κ1) is 14.2. The van der Waals surface area contributed by atoms with Gasteiger partial charge in [0, 0.05) is 23.6 Å². The standard InChI is InChI=1S/C15H14N4O2S/c20-22(21,19-13-4-2-1-3-5-13)14-8-6-12(7-9-14)17-15-10-11-16-18-15/h1-11,19H,(H2,16,17,18). The Morgan fingerprint density at radius 3 is 2.23 bits per heavy atom. The highest BCUT2D eigenvalue weighted by molar-refractivity contribution is 7.92. The number of hydrogen-bond donors (Lipinski definition) is 3. The molecule has 0 amide bonds. The van der Waals surface area contributed by atoms with Gasteiger partial charge in [0.1, 0.15) is 0 Å². The molecule has 1 heterocycles. The zero-order valence-electron chi connectivity index (χ0n) is 11.5. The maximum Gasteiger partial charge on any atom is 0.261 e. The Kier molecular flexibility index (Phi) is 3.80. The van der Waals surface area contributed by atoms with Crippen molar-refractivity contribution in [3.05, 3.63) is 66.9 Å². The maximum absolute atomic E-state index is 12.3. The SMILES string of the molecule is O=S(=O)(Nc1ccccc1)c1ccc(Nc2cc[nH]n2)cc1. The Hall–Kier alpha value is -2.80. The molecule has 2 aromatic carbocycles. The summed E-state index contributed by atoms with van der Waals surface area (Å²) in [5.74, 6) is 0.665. The molecule has 3 aromatic rings. The molecule has 0 aliphatic rings. The first-order valence-corrected chi connectivity index (χ1v) is 8.06. The van der Waals surface area contributed by atoms with E-state index < -0.39 is 10.0 Å². The molecule has 0 fully saturated rings. The van der Waals surface area contributed by atoms with E-state index in [1.807, 2.05) is 6.07 Å². The second-order valence-corrected chi connectivity index (χ2v) is 6.26. The van der Waals surface area contributed by atoms with Crippen LogP contribution >= 0.6 is 0 Å². The fraction of sp³-hybridized carbons (Fsp3) is 0. The normalized spacial score (nSPS) is 11.1. The number of anilines is 3. The van der Waals surface area contributed by atoms with E-state index in [1.54, 1.807) is 60.8 Å². The van der Waals surface area contributed by atoms with Gasteiger partial charge in [0.05, 0.1) is 4.90 Å². The molecule has 3 N–H and O–H groups in total. The Labute approximate surface area is 128 Å². The van der Waals surface area contributed by atoms with Crippen LogP contribution < -0.4 is 10.0 Å². The third kappa shape index (κ3) is 3.26. The van der Waals surface area contributed by atoms with E-state index in [2.05, 4.69) is 20.2 Å². The van der Waals surface area contributed by atoms with Crippen LogP contribution in [0, 0.1) is 0 Å². The van der Waals surface area contributed by atoms with Crippen LogP contribution in [-0.4, -0.2) is 18.6 Å². The minimum Gasteiger partial charge on any atom is -0.339 e. The number of sulfonamides is 1. The summed E-state index contributed by atoms with van der Waals surface area (Å²) in [7, 11) is -3.59. The molecule has 112 valence electrons. The van der Waals surface area contributed by atoms with Gasteiger partial charge in [-0.2, -0.15) is 5.10 Å². The first-order chi connectivity index (χ1) is 10.6. The van der Waals surface area contributed by atoms with Gasteiger partial charge in [-0.25, -0.2) is 8.42 Å². The molecule has 0 unspecified atom stereocenters. The molecule has 7 heteroatoms. The summed E-state index contributed by atoms with van der Waals surface area (Å²) in [6.45, 7) is 0. The summed E-state index contributed by atoms with van der Waals surface area (Å²) < 4.78 is 27.1. The zero-order chi connectivity index (χ0) is 15.4. The molecule has 0 aliphatic heterocycles. The lowest BCUT2D eigenvalue weighted by molar-refractivity contribution is 0.601. The van der Waals surface area contributed by atoms with Gasteiger partial charge in [0.25, 0.3) is 10.0 Å². The van der Waals surface area contributed by atoms with Gasteiger partial charge in [-0.3, -0.25) is 9.82 Å². The lowest BCUT2D eigenvalue weighted by Gasteiger charge is -2.09. The van der Waals surface area contributed by atoms with Crippen LogP contribution in [0.4, 0.5) is 17.2 Å². The number of rotatable bonds is 5. The van der Waals surface area contributed by atoms with E-state index in [0.29, 0.717) is 11.5 Å². The number of hydrogen-bond acceptors (Lipinski definition) is 4. The largest absolute Gasteiger partial charge is 0.339 e. The van der Waals surface area contributed by atoms with Crippen molar-refractivity contribution in [1.82, 2.24) is 10.2 Å². The van der Waals surface area contributed by atoms with Crippen LogP contribution in [-0.2, 0) is 10.0 Å². The summed E-state index contributed by atoms with van der Waals surface area (Å²) in [6, 6.07) is 17.0. The molecule has 6 nitrogen and oxygen atoms in total. The van der Waals surface area contributed by atoms with Gasteiger partial charge in [-0.05, 0) is 36.4 Å². The monoisotopic (exact) mass is 314 g/mol. The maximum atomic E-state index is 12.3. The van der Waals surface area contributed by atoms with E-state index in [4.69, 9.17) is 0 Å². The fourth-order valence-electron chi connectivity index (χ4n) is 1.92.